The second kappa shape index (κ2) is 8.53. The van der Waals surface area contributed by atoms with Crippen LogP contribution in [0.15, 0.2) is 36.5 Å². The van der Waals surface area contributed by atoms with E-state index in [1.54, 1.807) is 29.2 Å². The summed E-state index contributed by atoms with van der Waals surface area (Å²) in [5.41, 5.74) is 0.610. The lowest BCUT2D eigenvalue weighted by Crippen LogP contribution is -2.46. The van der Waals surface area contributed by atoms with Gasteiger partial charge in [0.2, 0.25) is 5.88 Å². The summed E-state index contributed by atoms with van der Waals surface area (Å²) in [5.74, 6) is 0.540. The normalized spacial score (nSPS) is 16.6. The molecule has 0 aliphatic carbocycles. The van der Waals surface area contributed by atoms with E-state index < -0.39 is 0 Å². The summed E-state index contributed by atoms with van der Waals surface area (Å²) in [6, 6.07) is 7.92. The number of likely N-dealkylation sites (tertiary alicyclic amines) is 1. The molecule has 1 aromatic carbocycles. The van der Waals surface area contributed by atoms with Crippen molar-refractivity contribution >= 4 is 12.2 Å². The zero-order valence-electron chi connectivity index (χ0n) is 15.1. The molecule has 7 heteroatoms. The summed E-state index contributed by atoms with van der Waals surface area (Å²) in [6.07, 6.45) is 4.81. The number of piperidine rings is 1. The third-order valence-electron chi connectivity index (χ3n) is 4.67. The van der Waals surface area contributed by atoms with Gasteiger partial charge in [-0.05, 0) is 37.5 Å². The number of amides is 1. The van der Waals surface area contributed by atoms with Crippen LogP contribution in [0.25, 0.3) is 0 Å². The molecule has 1 atom stereocenters. The number of rotatable bonds is 6. The SMILES string of the molecule is COc1ccc(C(=O)N2CCCC[C@H]2COc2cccc(O)c2C=O)cn1. The van der Waals surface area contributed by atoms with Gasteiger partial charge in [-0.3, -0.25) is 9.59 Å². The molecule has 0 radical (unpaired) electrons. The number of phenolic OH excluding ortho intramolecular Hbond substituents is 1. The minimum Gasteiger partial charge on any atom is -0.507 e. The topological polar surface area (TPSA) is 89.0 Å². The number of methoxy groups -OCH3 is 1. The van der Waals surface area contributed by atoms with Crippen LogP contribution in [0.1, 0.15) is 40.0 Å². The summed E-state index contributed by atoms with van der Waals surface area (Å²) < 4.78 is 10.8. The summed E-state index contributed by atoms with van der Waals surface area (Å²) in [5, 5.41) is 9.77. The maximum Gasteiger partial charge on any atom is 0.255 e. The fourth-order valence-electron chi connectivity index (χ4n) is 3.20. The first-order valence-corrected chi connectivity index (χ1v) is 8.85. The molecule has 1 N–H and O–H groups in total. The van der Waals surface area contributed by atoms with Gasteiger partial charge in [0.05, 0.1) is 24.3 Å². The molecule has 1 amide bonds. The Balaban J connectivity index is 1.72. The van der Waals surface area contributed by atoms with Crippen LogP contribution >= 0.6 is 0 Å². The molecule has 1 aliphatic heterocycles. The number of nitrogens with zero attached hydrogens (tertiary/aromatic N) is 2. The second-order valence-electron chi connectivity index (χ2n) is 6.36. The Morgan fingerprint density at radius 3 is 2.89 bits per heavy atom. The minimum absolute atomic E-state index is 0.107. The van der Waals surface area contributed by atoms with Gasteiger partial charge >= 0.3 is 0 Å². The molecule has 1 aromatic heterocycles. The van der Waals surface area contributed by atoms with Crippen LogP contribution < -0.4 is 9.47 Å². The van der Waals surface area contributed by atoms with Crippen molar-refractivity contribution < 1.29 is 24.2 Å². The number of hydrogen-bond donors (Lipinski definition) is 1. The van der Waals surface area contributed by atoms with Crippen molar-refractivity contribution in [2.24, 2.45) is 0 Å². The van der Waals surface area contributed by atoms with Crippen molar-refractivity contribution in [2.75, 3.05) is 20.3 Å². The van der Waals surface area contributed by atoms with Crippen LogP contribution in [0.4, 0.5) is 0 Å². The van der Waals surface area contributed by atoms with E-state index in [4.69, 9.17) is 9.47 Å². The standard InChI is InChI=1S/C20H22N2O5/c1-26-19-9-8-14(11-21-19)20(25)22-10-3-2-5-15(22)13-27-18-7-4-6-17(24)16(18)12-23/h4,6-9,11-12,15,24H,2-3,5,10,13H2,1H3/t15-/m0/s1. The number of carbonyl (C=O) groups is 2. The van der Waals surface area contributed by atoms with Crippen LogP contribution in [0.3, 0.4) is 0 Å². The molecule has 2 aromatic rings. The Morgan fingerprint density at radius 2 is 2.19 bits per heavy atom. The summed E-state index contributed by atoms with van der Waals surface area (Å²) >= 11 is 0. The van der Waals surface area contributed by atoms with Crippen LogP contribution in [0, 0.1) is 0 Å². The van der Waals surface area contributed by atoms with Gasteiger partial charge in [0, 0.05) is 18.8 Å². The number of carbonyl (C=O) groups excluding carboxylic acids is 2. The van der Waals surface area contributed by atoms with Crippen LogP contribution in [0.2, 0.25) is 0 Å². The van der Waals surface area contributed by atoms with E-state index in [9.17, 15) is 14.7 Å². The van der Waals surface area contributed by atoms with Crippen LogP contribution in [-0.2, 0) is 0 Å². The molecule has 1 saturated heterocycles. The molecule has 0 unspecified atom stereocenters. The molecule has 0 spiro atoms. The fourth-order valence-corrected chi connectivity index (χ4v) is 3.20. The van der Waals surface area contributed by atoms with Crippen molar-refractivity contribution in [2.45, 2.75) is 25.3 Å². The van der Waals surface area contributed by atoms with Gasteiger partial charge in [-0.2, -0.15) is 0 Å². The third-order valence-corrected chi connectivity index (χ3v) is 4.67. The predicted molar refractivity (Wildman–Crippen MR) is 98.5 cm³/mol. The van der Waals surface area contributed by atoms with E-state index in [1.807, 2.05) is 0 Å². The highest BCUT2D eigenvalue weighted by Gasteiger charge is 2.28. The van der Waals surface area contributed by atoms with E-state index in [0.29, 0.717) is 30.0 Å². The molecule has 1 aliphatic rings. The first-order valence-electron chi connectivity index (χ1n) is 8.85. The molecule has 1 fully saturated rings. The Morgan fingerprint density at radius 1 is 1.33 bits per heavy atom. The van der Waals surface area contributed by atoms with Gasteiger partial charge in [-0.25, -0.2) is 4.98 Å². The van der Waals surface area contributed by atoms with Crippen molar-refractivity contribution in [3.05, 3.63) is 47.7 Å². The largest absolute Gasteiger partial charge is 0.507 e. The molecule has 3 rings (SSSR count). The lowest BCUT2D eigenvalue weighted by atomic mass is 10.0. The number of aromatic hydroxyl groups is 1. The Kier molecular flexibility index (Phi) is 5.90. The zero-order valence-corrected chi connectivity index (χ0v) is 15.1. The summed E-state index contributed by atoms with van der Waals surface area (Å²) in [6.45, 7) is 0.888. The first kappa shape index (κ1) is 18.7. The molecular weight excluding hydrogens is 348 g/mol. The Hall–Kier alpha value is -3.09. The number of hydrogen-bond acceptors (Lipinski definition) is 6. The molecular formula is C20H22N2O5. The number of aromatic nitrogens is 1. The number of benzene rings is 1. The smallest absolute Gasteiger partial charge is 0.255 e. The third kappa shape index (κ3) is 4.19. The van der Waals surface area contributed by atoms with Gasteiger partial charge < -0.3 is 19.5 Å². The molecule has 0 saturated carbocycles. The second-order valence-corrected chi connectivity index (χ2v) is 6.36. The maximum atomic E-state index is 12.9. The van der Waals surface area contributed by atoms with E-state index in [2.05, 4.69) is 4.98 Å². The minimum atomic E-state index is -0.122. The van der Waals surface area contributed by atoms with E-state index in [1.165, 1.54) is 19.4 Å². The molecule has 142 valence electrons. The highest BCUT2D eigenvalue weighted by molar-refractivity contribution is 5.94. The van der Waals surface area contributed by atoms with Gasteiger partial charge in [-0.1, -0.05) is 6.07 Å². The van der Waals surface area contributed by atoms with E-state index in [0.717, 1.165) is 19.3 Å². The van der Waals surface area contributed by atoms with Crippen molar-refractivity contribution in [3.63, 3.8) is 0 Å². The first-order chi connectivity index (χ1) is 13.1. The van der Waals surface area contributed by atoms with Crippen LogP contribution in [-0.4, -0.2) is 53.5 Å². The van der Waals surface area contributed by atoms with E-state index in [-0.39, 0.29) is 29.9 Å². The number of aldehydes is 1. The molecule has 7 nitrogen and oxygen atoms in total. The summed E-state index contributed by atoms with van der Waals surface area (Å²) in [4.78, 5) is 30.0. The average Bonchev–Trinajstić information content (AvgIpc) is 2.72. The summed E-state index contributed by atoms with van der Waals surface area (Å²) in [7, 11) is 1.52. The number of phenols is 1. The average molecular weight is 370 g/mol. The molecule has 2 heterocycles. The lowest BCUT2D eigenvalue weighted by molar-refractivity contribution is 0.0526. The quantitative estimate of drug-likeness (QED) is 0.787. The Labute approximate surface area is 157 Å². The molecule has 27 heavy (non-hydrogen) atoms. The van der Waals surface area contributed by atoms with Crippen molar-refractivity contribution in [3.8, 4) is 17.4 Å². The van der Waals surface area contributed by atoms with Crippen LogP contribution in [0.5, 0.6) is 17.4 Å². The van der Waals surface area contributed by atoms with Crippen molar-refractivity contribution in [1.29, 1.82) is 0 Å². The monoisotopic (exact) mass is 370 g/mol. The number of pyridine rings is 1. The number of ether oxygens (including phenoxy) is 2. The highest BCUT2D eigenvalue weighted by atomic mass is 16.5. The molecule has 0 bridgehead atoms. The van der Waals surface area contributed by atoms with Crippen molar-refractivity contribution in [1.82, 2.24) is 9.88 Å². The Bertz CT molecular complexity index is 807. The fraction of sp³-hybridized carbons (Fsp3) is 0.350. The maximum absolute atomic E-state index is 12.9. The van der Waals surface area contributed by atoms with E-state index >= 15 is 0 Å². The van der Waals surface area contributed by atoms with Gasteiger partial charge in [0.25, 0.3) is 5.91 Å². The lowest BCUT2D eigenvalue weighted by Gasteiger charge is -2.35. The van der Waals surface area contributed by atoms with Gasteiger partial charge in [0.15, 0.2) is 6.29 Å². The highest BCUT2D eigenvalue weighted by Crippen LogP contribution is 2.27. The zero-order chi connectivity index (χ0) is 19.2. The van der Waals surface area contributed by atoms with Gasteiger partial charge in [0.1, 0.15) is 18.1 Å². The predicted octanol–water partition coefficient (Wildman–Crippen LogP) is 2.68. The van der Waals surface area contributed by atoms with Gasteiger partial charge in [-0.15, -0.1) is 0 Å².